The average Bonchev–Trinajstić information content (AvgIpc) is 3.05. The van der Waals surface area contributed by atoms with Crippen molar-refractivity contribution in [2.75, 3.05) is 39.3 Å². The van der Waals surface area contributed by atoms with Gasteiger partial charge in [0.05, 0.1) is 12.9 Å². The molecule has 2 aromatic heterocycles. The number of imidazole rings is 1. The zero-order chi connectivity index (χ0) is 21.1. The number of carbonyl (C=O) groups excluding carboxylic acids is 1. The van der Waals surface area contributed by atoms with Gasteiger partial charge in [0, 0.05) is 52.9 Å². The lowest BCUT2D eigenvalue weighted by atomic mass is 10.2. The molecular formula is C19H31N7O3. The summed E-state index contributed by atoms with van der Waals surface area (Å²) < 4.78 is 4.39. The van der Waals surface area contributed by atoms with Crippen LogP contribution in [0.5, 0.6) is 0 Å². The molecule has 2 aromatic rings. The molecule has 0 unspecified atom stereocenters. The first kappa shape index (κ1) is 21.3. The first-order valence-electron chi connectivity index (χ1n) is 10.1. The molecule has 3 rings (SSSR count). The fourth-order valence-corrected chi connectivity index (χ4v) is 3.79. The van der Waals surface area contributed by atoms with Gasteiger partial charge in [-0.1, -0.05) is 0 Å². The Labute approximate surface area is 169 Å². The molecule has 0 atom stereocenters. The molecule has 160 valence electrons. The summed E-state index contributed by atoms with van der Waals surface area (Å²) in [5.74, 6) is 0.0641. The summed E-state index contributed by atoms with van der Waals surface area (Å²) in [7, 11) is 3.40. The van der Waals surface area contributed by atoms with Crippen molar-refractivity contribution in [3.8, 4) is 0 Å². The number of piperazine rings is 1. The van der Waals surface area contributed by atoms with E-state index in [4.69, 9.17) is 0 Å². The van der Waals surface area contributed by atoms with Gasteiger partial charge in [0.1, 0.15) is 0 Å². The Morgan fingerprint density at radius 2 is 1.76 bits per heavy atom. The topological polar surface area (TPSA) is 97.4 Å². The number of amides is 1. The van der Waals surface area contributed by atoms with Gasteiger partial charge in [-0.3, -0.25) is 23.6 Å². The fraction of sp³-hybridized carbons (Fsp3) is 0.684. The van der Waals surface area contributed by atoms with Crippen molar-refractivity contribution >= 4 is 17.1 Å². The molecule has 1 fully saturated rings. The summed E-state index contributed by atoms with van der Waals surface area (Å²) in [5, 5.41) is 2.92. The van der Waals surface area contributed by atoms with Crippen LogP contribution in [-0.4, -0.2) is 79.7 Å². The van der Waals surface area contributed by atoms with Crippen LogP contribution in [0.15, 0.2) is 15.9 Å². The minimum absolute atomic E-state index is 0.0641. The van der Waals surface area contributed by atoms with E-state index in [1.807, 2.05) is 13.8 Å². The van der Waals surface area contributed by atoms with Gasteiger partial charge >= 0.3 is 5.69 Å². The van der Waals surface area contributed by atoms with Crippen molar-refractivity contribution in [1.82, 2.24) is 33.8 Å². The Morgan fingerprint density at radius 1 is 1.10 bits per heavy atom. The molecule has 1 aliphatic heterocycles. The van der Waals surface area contributed by atoms with Crippen molar-refractivity contribution in [2.45, 2.75) is 32.9 Å². The monoisotopic (exact) mass is 405 g/mol. The van der Waals surface area contributed by atoms with E-state index >= 15 is 0 Å². The molecule has 1 N–H and O–H groups in total. The van der Waals surface area contributed by atoms with E-state index in [0.717, 1.165) is 32.7 Å². The minimum Gasteiger partial charge on any atom is -0.353 e. The molecule has 0 spiro atoms. The molecule has 29 heavy (non-hydrogen) atoms. The molecule has 10 heteroatoms. The van der Waals surface area contributed by atoms with Gasteiger partial charge < -0.3 is 14.8 Å². The van der Waals surface area contributed by atoms with Crippen LogP contribution in [0, 0.1) is 0 Å². The van der Waals surface area contributed by atoms with Crippen molar-refractivity contribution in [1.29, 1.82) is 0 Å². The van der Waals surface area contributed by atoms with Gasteiger partial charge in [0.15, 0.2) is 11.2 Å². The second-order valence-electron chi connectivity index (χ2n) is 8.02. The number of fused-ring (bicyclic) bond motifs is 1. The van der Waals surface area contributed by atoms with Crippen LogP contribution in [0.3, 0.4) is 0 Å². The van der Waals surface area contributed by atoms with Crippen LogP contribution in [0.25, 0.3) is 11.2 Å². The molecule has 0 bridgehead atoms. The Kier molecular flexibility index (Phi) is 6.53. The molecule has 1 amide bonds. The van der Waals surface area contributed by atoms with Gasteiger partial charge in [0.2, 0.25) is 5.91 Å². The van der Waals surface area contributed by atoms with Crippen molar-refractivity contribution in [3.63, 3.8) is 0 Å². The van der Waals surface area contributed by atoms with E-state index in [1.54, 1.807) is 25.0 Å². The molecule has 0 saturated carbocycles. The summed E-state index contributed by atoms with van der Waals surface area (Å²) in [6, 6.07) is 0.158. The predicted octanol–water partition coefficient (Wildman–Crippen LogP) is -1.03. The van der Waals surface area contributed by atoms with E-state index in [2.05, 4.69) is 20.1 Å². The number of nitrogens with one attached hydrogen (secondary N) is 1. The smallest absolute Gasteiger partial charge is 0.332 e. The summed E-state index contributed by atoms with van der Waals surface area (Å²) in [6.07, 6.45) is 2.27. The third kappa shape index (κ3) is 4.76. The number of hydrogen-bond donors (Lipinski definition) is 1. The van der Waals surface area contributed by atoms with Crippen LogP contribution in [-0.2, 0) is 25.4 Å². The number of aryl methyl sites for hydroxylation is 2. The Bertz CT molecular complexity index is 980. The summed E-state index contributed by atoms with van der Waals surface area (Å²) in [5.41, 5.74) is 0.239. The molecular weight excluding hydrogens is 374 g/mol. The molecule has 1 saturated heterocycles. The summed E-state index contributed by atoms with van der Waals surface area (Å²) in [4.78, 5) is 45.8. The van der Waals surface area contributed by atoms with E-state index in [0.29, 0.717) is 30.7 Å². The highest BCUT2D eigenvalue weighted by atomic mass is 16.2. The highest BCUT2D eigenvalue weighted by Gasteiger charge is 2.19. The number of hydrogen-bond acceptors (Lipinski definition) is 6. The Balaban J connectivity index is 1.53. The minimum atomic E-state index is -0.331. The van der Waals surface area contributed by atoms with E-state index in [-0.39, 0.29) is 23.2 Å². The standard InChI is InChI=1S/C19H31N7O3/c1-14(2)21-15(27)12-25-10-8-24(9-11-25)6-5-7-26-18(28)16-17(20-13-22(16)3)23(4)19(26)29/h13-14H,5-12H2,1-4H3,(H,21,27). The number of aromatic nitrogens is 4. The predicted molar refractivity (Wildman–Crippen MR) is 111 cm³/mol. The van der Waals surface area contributed by atoms with Gasteiger partial charge in [0.25, 0.3) is 5.56 Å². The maximum atomic E-state index is 12.7. The van der Waals surface area contributed by atoms with Gasteiger partial charge in [-0.15, -0.1) is 0 Å². The van der Waals surface area contributed by atoms with Crippen molar-refractivity contribution in [2.24, 2.45) is 14.1 Å². The van der Waals surface area contributed by atoms with E-state index in [9.17, 15) is 14.4 Å². The van der Waals surface area contributed by atoms with Crippen LogP contribution in [0.1, 0.15) is 20.3 Å². The van der Waals surface area contributed by atoms with Crippen LogP contribution < -0.4 is 16.6 Å². The summed E-state index contributed by atoms with van der Waals surface area (Å²) in [6.45, 7) is 8.98. The van der Waals surface area contributed by atoms with Crippen LogP contribution >= 0.6 is 0 Å². The highest BCUT2D eigenvalue weighted by Crippen LogP contribution is 2.05. The first-order chi connectivity index (χ1) is 13.8. The van der Waals surface area contributed by atoms with Crippen LogP contribution in [0.2, 0.25) is 0 Å². The Morgan fingerprint density at radius 3 is 2.41 bits per heavy atom. The maximum absolute atomic E-state index is 12.7. The Hall–Kier alpha value is -2.46. The first-order valence-corrected chi connectivity index (χ1v) is 10.1. The number of carbonyl (C=O) groups is 1. The van der Waals surface area contributed by atoms with E-state index in [1.165, 1.54) is 9.13 Å². The molecule has 10 nitrogen and oxygen atoms in total. The third-order valence-corrected chi connectivity index (χ3v) is 5.34. The molecule has 0 aromatic carbocycles. The normalized spacial score (nSPS) is 16.0. The SMILES string of the molecule is CC(C)NC(=O)CN1CCN(CCCn2c(=O)c3c(ncn3C)n(C)c2=O)CC1. The van der Waals surface area contributed by atoms with Crippen LogP contribution in [0.4, 0.5) is 0 Å². The zero-order valence-electron chi connectivity index (χ0n) is 17.7. The zero-order valence-corrected chi connectivity index (χ0v) is 17.7. The lowest BCUT2D eigenvalue weighted by Gasteiger charge is -2.34. The lowest BCUT2D eigenvalue weighted by Crippen LogP contribution is -2.50. The quantitative estimate of drug-likeness (QED) is 0.632. The van der Waals surface area contributed by atoms with Gasteiger partial charge in [-0.2, -0.15) is 0 Å². The second-order valence-corrected chi connectivity index (χ2v) is 8.02. The third-order valence-electron chi connectivity index (χ3n) is 5.34. The summed E-state index contributed by atoms with van der Waals surface area (Å²) >= 11 is 0. The number of nitrogens with zero attached hydrogens (tertiary/aromatic N) is 6. The van der Waals surface area contributed by atoms with Crippen molar-refractivity contribution in [3.05, 3.63) is 27.2 Å². The highest BCUT2D eigenvalue weighted by molar-refractivity contribution is 5.78. The lowest BCUT2D eigenvalue weighted by molar-refractivity contribution is -0.123. The van der Waals surface area contributed by atoms with Gasteiger partial charge in [-0.05, 0) is 26.8 Å². The maximum Gasteiger partial charge on any atom is 0.332 e. The molecule has 0 radical (unpaired) electrons. The van der Waals surface area contributed by atoms with Gasteiger partial charge in [-0.25, -0.2) is 9.78 Å². The van der Waals surface area contributed by atoms with Crippen molar-refractivity contribution < 1.29 is 4.79 Å². The van der Waals surface area contributed by atoms with E-state index < -0.39 is 0 Å². The average molecular weight is 406 g/mol. The number of rotatable bonds is 7. The molecule has 1 aliphatic rings. The molecule has 3 heterocycles. The largest absolute Gasteiger partial charge is 0.353 e. The molecule has 0 aliphatic carbocycles. The fourth-order valence-electron chi connectivity index (χ4n) is 3.79. The second kappa shape index (κ2) is 8.91.